The van der Waals surface area contributed by atoms with Gasteiger partial charge in [-0.2, -0.15) is 4.31 Å². The van der Waals surface area contributed by atoms with Crippen LogP contribution in [0.25, 0.3) is 0 Å². The molecule has 1 aromatic heterocycles. The lowest BCUT2D eigenvalue weighted by atomic mass is 10.2. The van der Waals surface area contributed by atoms with Crippen molar-refractivity contribution >= 4 is 21.6 Å². The van der Waals surface area contributed by atoms with Crippen molar-refractivity contribution in [2.24, 2.45) is 0 Å². The van der Waals surface area contributed by atoms with Gasteiger partial charge in [0, 0.05) is 12.7 Å². The largest absolute Gasteiger partial charge is 0.486 e. The second-order valence-corrected chi connectivity index (χ2v) is 7.60. The summed E-state index contributed by atoms with van der Waals surface area (Å²) in [6.07, 6.45) is 0.878. The van der Waals surface area contributed by atoms with Crippen LogP contribution in [0, 0.1) is 0 Å². The van der Waals surface area contributed by atoms with Gasteiger partial charge in [-0.1, -0.05) is 30.7 Å². The molecule has 0 radical (unpaired) electrons. The average Bonchev–Trinajstić information content (AvgIpc) is 2.59. The van der Waals surface area contributed by atoms with Gasteiger partial charge in [0.15, 0.2) is 11.5 Å². The molecule has 1 aromatic carbocycles. The number of rotatable bonds is 5. The normalized spacial score (nSPS) is 17.0. The van der Waals surface area contributed by atoms with Gasteiger partial charge < -0.3 is 9.47 Å². The maximum atomic E-state index is 12.7. The van der Waals surface area contributed by atoms with E-state index >= 15 is 0 Å². The Kier molecular flexibility index (Phi) is 4.93. The minimum absolute atomic E-state index is 0.103. The zero-order chi connectivity index (χ0) is 17.2. The zero-order valence-electron chi connectivity index (χ0n) is 13.1. The molecule has 0 N–H and O–H groups in total. The van der Waals surface area contributed by atoms with E-state index in [4.69, 9.17) is 21.1 Å². The van der Waals surface area contributed by atoms with Crippen molar-refractivity contribution in [2.45, 2.75) is 17.9 Å². The number of para-hydroxylation sites is 2. The molecule has 6 nitrogen and oxygen atoms in total. The van der Waals surface area contributed by atoms with Crippen LogP contribution in [-0.2, 0) is 10.0 Å². The molecule has 24 heavy (non-hydrogen) atoms. The van der Waals surface area contributed by atoms with Gasteiger partial charge in [-0.3, -0.25) is 0 Å². The fourth-order valence-corrected chi connectivity index (χ4v) is 3.98. The van der Waals surface area contributed by atoms with Crippen molar-refractivity contribution < 1.29 is 17.9 Å². The first-order valence-electron chi connectivity index (χ1n) is 7.51. The van der Waals surface area contributed by atoms with Crippen molar-refractivity contribution in [2.75, 3.05) is 19.7 Å². The van der Waals surface area contributed by atoms with Gasteiger partial charge in [0.05, 0.1) is 6.54 Å². The first-order valence-corrected chi connectivity index (χ1v) is 9.32. The van der Waals surface area contributed by atoms with E-state index in [1.807, 2.05) is 18.2 Å². The molecule has 128 valence electrons. The van der Waals surface area contributed by atoms with Crippen LogP contribution in [0.15, 0.2) is 47.5 Å². The molecule has 0 amide bonds. The SMILES string of the molecule is CCN(CC1COc2ccccc2O1)S(=O)(=O)c1ccc(Cl)nc1. The Bertz CT molecular complexity index is 811. The fraction of sp³-hybridized carbons (Fsp3) is 0.312. The van der Waals surface area contributed by atoms with Crippen LogP contribution < -0.4 is 9.47 Å². The van der Waals surface area contributed by atoms with Crippen molar-refractivity contribution in [3.05, 3.63) is 47.7 Å². The zero-order valence-corrected chi connectivity index (χ0v) is 14.6. The summed E-state index contributed by atoms with van der Waals surface area (Å²) in [6.45, 7) is 2.57. The summed E-state index contributed by atoms with van der Waals surface area (Å²) in [5, 5.41) is 0.248. The van der Waals surface area contributed by atoms with E-state index in [-0.39, 0.29) is 22.7 Å². The van der Waals surface area contributed by atoms with E-state index in [1.165, 1.54) is 22.6 Å². The molecule has 3 rings (SSSR count). The van der Waals surface area contributed by atoms with Gasteiger partial charge in [-0.25, -0.2) is 13.4 Å². The third-order valence-electron chi connectivity index (χ3n) is 3.67. The molecule has 2 aromatic rings. The molecule has 0 saturated carbocycles. The monoisotopic (exact) mass is 368 g/mol. The summed E-state index contributed by atoms with van der Waals surface area (Å²) in [4.78, 5) is 3.94. The topological polar surface area (TPSA) is 68.7 Å². The Morgan fingerprint density at radius 1 is 1.25 bits per heavy atom. The van der Waals surface area contributed by atoms with E-state index in [0.717, 1.165) is 0 Å². The van der Waals surface area contributed by atoms with Gasteiger partial charge in [-0.05, 0) is 24.3 Å². The molecule has 1 aliphatic rings. The van der Waals surface area contributed by atoms with E-state index in [9.17, 15) is 8.42 Å². The lowest BCUT2D eigenvalue weighted by Gasteiger charge is -2.30. The van der Waals surface area contributed by atoms with Crippen LogP contribution in [0.4, 0.5) is 0 Å². The highest BCUT2D eigenvalue weighted by molar-refractivity contribution is 7.89. The van der Waals surface area contributed by atoms with Crippen molar-refractivity contribution in [1.29, 1.82) is 0 Å². The molecule has 0 fully saturated rings. The minimum atomic E-state index is -3.67. The molecule has 0 spiro atoms. The van der Waals surface area contributed by atoms with Gasteiger partial charge >= 0.3 is 0 Å². The molecule has 0 aliphatic carbocycles. The lowest BCUT2D eigenvalue weighted by molar-refractivity contribution is 0.0771. The van der Waals surface area contributed by atoms with Crippen LogP contribution in [0.3, 0.4) is 0 Å². The molecule has 1 unspecified atom stereocenters. The third-order valence-corrected chi connectivity index (χ3v) is 5.81. The van der Waals surface area contributed by atoms with Crippen LogP contribution in [0.1, 0.15) is 6.92 Å². The highest BCUT2D eigenvalue weighted by Gasteiger charge is 2.29. The summed E-state index contributed by atoms with van der Waals surface area (Å²) < 4.78 is 38.3. The number of pyridine rings is 1. The maximum Gasteiger partial charge on any atom is 0.244 e. The molecular weight excluding hydrogens is 352 g/mol. The molecule has 1 atom stereocenters. The summed E-state index contributed by atoms with van der Waals surface area (Å²) in [5.41, 5.74) is 0. The van der Waals surface area contributed by atoms with Crippen LogP contribution >= 0.6 is 11.6 Å². The van der Waals surface area contributed by atoms with Crippen molar-refractivity contribution in [3.8, 4) is 11.5 Å². The predicted molar refractivity (Wildman–Crippen MR) is 90.0 cm³/mol. The number of likely N-dealkylation sites (N-methyl/N-ethyl adjacent to an activating group) is 1. The minimum Gasteiger partial charge on any atom is -0.486 e. The van der Waals surface area contributed by atoms with Crippen molar-refractivity contribution in [3.63, 3.8) is 0 Å². The van der Waals surface area contributed by atoms with Crippen molar-refractivity contribution in [1.82, 2.24) is 9.29 Å². The number of hydrogen-bond acceptors (Lipinski definition) is 5. The summed E-state index contributed by atoms with van der Waals surface area (Å²) in [6, 6.07) is 10.2. The summed E-state index contributed by atoms with van der Waals surface area (Å²) in [7, 11) is -3.67. The number of aromatic nitrogens is 1. The molecule has 8 heteroatoms. The summed E-state index contributed by atoms with van der Waals surface area (Å²) >= 11 is 5.72. The number of halogens is 1. The van der Waals surface area contributed by atoms with E-state index in [2.05, 4.69) is 4.98 Å². The number of sulfonamides is 1. The van der Waals surface area contributed by atoms with Gasteiger partial charge in [0.1, 0.15) is 22.8 Å². The van der Waals surface area contributed by atoms with E-state index in [0.29, 0.717) is 24.7 Å². The predicted octanol–water partition coefficient (Wildman–Crippen LogP) is 2.59. The molecular formula is C16H17ClN2O4S. The second kappa shape index (κ2) is 6.96. The molecule has 1 aliphatic heterocycles. The Morgan fingerprint density at radius 3 is 2.67 bits per heavy atom. The van der Waals surface area contributed by atoms with Gasteiger partial charge in [0.25, 0.3) is 0 Å². The number of fused-ring (bicyclic) bond motifs is 1. The Morgan fingerprint density at radius 2 is 2.00 bits per heavy atom. The molecule has 0 bridgehead atoms. The Balaban J connectivity index is 1.76. The maximum absolute atomic E-state index is 12.7. The smallest absolute Gasteiger partial charge is 0.244 e. The lowest BCUT2D eigenvalue weighted by Crippen LogP contribution is -2.43. The number of hydrogen-bond donors (Lipinski definition) is 0. The number of nitrogens with zero attached hydrogens (tertiary/aromatic N) is 2. The van der Waals surface area contributed by atoms with Gasteiger partial charge in [-0.15, -0.1) is 0 Å². The van der Waals surface area contributed by atoms with E-state index < -0.39 is 10.0 Å². The first-order chi connectivity index (χ1) is 11.5. The summed E-state index contributed by atoms with van der Waals surface area (Å²) in [5.74, 6) is 1.29. The third kappa shape index (κ3) is 3.48. The second-order valence-electron chi connectivity index (χ2n) is 5.27. The van der Waals surface area contributed by atoms with E-state index in [1.54, 1.807) is 13.0 Å². The van der Waals surface area contributed by atoms with Crippen LogP contribution in [0.5, 0.6) is 11.5 Å². The number of benzene rings is 1. The first kappa shape index (κ1) is 17.0. The molecule has 2 heterocycles. The Hall–Kier alpha value is -1.83. The van der Waals surface area contributed by atoms with Crippen LogP contribution in [-0.4, -0.2) is 43.5 Å². The highest BCUT2D eigenvalue weighted by Crippen LogP contribution is 2.31. The standard InChI is InChI=1S/C16H17ClN2O4S/c1-2-19(24(20,21)13-7-8-16(17)18-9-13)10-12-11-22-14-5-3-4-6-15(14)23-12/h3-9,12H,2,10-11H2,1H3. The highest BCUT2D eigenvalue weighted by atomic mass is 35.5. The quantitative estimate of drug-likeness (QED) is 0.759. The Labute approximate surface area is 146 Å². The fourth-order valence-electron chi connectivity index (χ4n) is 2.44. The van der Waals surface area contributed by atoms with Crippen LogP contribution in [0.2, 0.25) is 5.15 Å². The van der Waals surface area contributed by atoms with Gasteiger partial charge in [0.2, 0.25) is 10.0 Å². The average molecular weight is 369 g/mol. The molecule has 0 saturated heterocycles. The number of ether oxygens (including phenoxy) is 2.